The van der Waals surface area contributed by atoms with Crippen molar-refractivity contribution in [1.82, 2.24) is 10.2 Å². The number of Topliss-reactive ketones (excluding diaryl/α,β-unsaturated/α-hetero) is 1. The van der Waals surface area contributed by atoms with E-state index in [1.807, 2.05) is 4.90 Å². The number of amides is 2. The predicted molar refractivity (Wildman–Crippen MR) is 108 cm³/mol. The molecule has 2 fully saturated rings. The number of hydrogen-bond acceptors (Lipinski definition) is 5. The van der Waals surface area contributed by atoms with E-state index in [1.165, 1.54) is 26.4 Å². The van der Waals surface area contributed by atoms with Crippen LogP contribution in [-0.4, -0.2) is 55.7 Å². The zero-order chi connectivity index (χ0) is 20.4. The van der Waals surface area contributed by atoms with Crippen LogP contribution >= 0.6 is 0 Å². The van der Waals surface area contributed by atoms with Crippen LogP contribution in [0.3, 0.4) is 0 Å². The van der Waals surface area contributed by atoms with Crippen LogP contribution in [0.4, 0.5) is 4.79 Å². The minimum absolute atomic E-state index is 0.0117. The first kappa shape index (κ1) is 19.9. The molecule has 4 rings (SSSR count). The molecule has 0 aromatic heterocycles. The van der Waals surface area contributed by atoms with Crippen molar-refractivity contribution < 1.29 is 23.8 Å². The Morgan fingerprint density at radius 3 is 2.52 bits per heavy atom. The van der Waals surface area contributed by atoms with Gasteiger partial charge < -0.3 is 24.4 Å². The van der Waals surface area contributed by atoms with Crippen molar-refractivity contribution in [2.45, 2.75) is 63.0 Å². The maximum Gasteiger partial charge on any atom is 0.317 e. The fourth-order valence-corrected chi connectivity index (χ4v) is 4.76. The van der Waals surface area contributed by atoms with E-state index >= 15 is 0 Å². The molecule has 1 N–H and O–H groups in total. The molecule has 0 unspecified atom stereocenters. The molecule has 7 heteroatoms. The summed E-state index contributed by atoms with van der Waals surface area (Å²) in [7, 11) is 3.11. The highest BCUT2D eigenvalue weighted by Gasteiger charge is 2.45. The second-order valence-corrected chi connectivity index (χ2v) is 8.36. The molecule has 0 atom stereocenters. The third-order valence-electron chi connectivity index (χ3n) is 6.48. The second-order valence-electron chi connectivity index (χ2n) is 8.36. The Hall–Kier alpha value is -2.44. The van der Waals surface area contributed by atoms with Gasteiger partial charge in [0.2, 0.25) is 0 Å². The van der Waals surface area contributed by atoms with Crippen molar-refractivity contribution >= 4 is 11.8 Å². The molecule has 0 bridgehead atoms. The number of ketones is 1. The number of nitrogens with one attached hydrogen (secondary N) is 1. The molecule has 2 amide bonds. The number of urea groups is 1. The Morgan fingerprint density at radius 2 is 1.86 bits per heavy atom. The van der Waals surface area contributed by atoms with Crippen LogP contribution in [0.1, 0.15) is 61.7 Å². The van der Waals surface area contributed by atoms with Crippen molar-refractivity contribution in [2.75, 3.05) is 27.3 Å². The van der Waals surface area contributed by atoms with E-state index in [1.54, 1.807) is 19.2 Å². The number of fused-ring (bicyclic) bond motifs is 1. The Kier molecular flexibility index (Phi) is 5.56. The molecule has 1 spiro atoms. The van der Waals surface area contributed by atoms with Crippen molar-refractivity contribution in [3.63, 3.8) is 0 Å². The zero-order valence-corrected chi connectivity index (χ0v) is 17.3. The van der Waals surface area contributed by atoms with Gasteiger partial charge in [-0.25, -0.2) is 4.79 Å². The maximum absolute atomic E-state index is 12.9. The van der Waals surface area contributed by atoms with Gasteiger partial charge in [-0.15, -0.1) is 0 Å². The van der Waals surface area contributed by atoms with Crippen LogP contribution in [0.2, 0.25) is 0 Å². The molecule has 2 aliphatic heterocycles. The highest BCUT2D eigenvalue weighted by atomic mass is 16.5. The molecule has 158 valence electrons. The van der Waals surface area contributed by atoms with Crippen LogP contribution in [0, 0.1) is 0 Å². The van der Waals surface area contributed by atoms with Crippen molar-refractivity contribution in [1.29, 1.82) is 0 Å². The number of likely N-dealkylation sites (tertiary alicyclic amines) is 1. The van der Waals surface area contributed by atoms with Gasteiger partial charge in [0.25, 0.3) is 0 Å². The fraction of sp³-hybridized carbons (Fsp3) is 0.636. The average Bonchev–Trinajstić information content (AvgIpc) is 2.73. The van der Waals surface area contributed by atoms with Crippen LogP contribution in [0.15, 0.2) is 12.1 Å². The quantitative estimate of drug-likeness (QED) is 0.837. The van der Waals surface area contributed by atoms with Gasteiger partial charge in [-0.1, -0.05) is 19.3 Å². The number of hydrogen-bond donors (Lipinski definition) is 1. The average molecular weight is 402 g/mol. The normalized spacial score (nSPS) is 21.3. The minimum atomic E-state index is -0.566. The molecule has 29 heavy (non-hydrogen) atoms. The van der Waals surface area contributed by atoms with Gasteiger partial charge in [0.1, 0.15) is 28.4 Å². The molecule has 2 heterocycles. The summed E-state index contributed by atoms with van der Waals surface area (Å²) in [6.45, 7) is 1.17. The first-order valence-electron chi connectivity index (χ1n) is 10.6. The van der Waals surface area contributed by atoms with E-state index in [9.17, 15) is 9.59 Å². The van der Waals surface area contributed by atoms with Gasteiger partial charge in [0, 0.05) is 44.1 Å². The van der Waals surface area contributed by atoms with Crippen LogP contribution in [0.5, 0.6) is 17.2 Å². The number of nitrogens with zero attached hydrogens (tertiary/aromatic N) is 1. The zero-order valence-electron chi connectivity index (χ0n) is 17.3. The number of methoxy groups -OCH3 is 2. The van der Waals surface area contributed by atoms with Crippen LogP contribution < -0.4 is 19.5 Å². The van der Waals surface area contributed by atoms with Crippen LogP contribution in [-0.2, 0) is 0 Å². The summed E-state index contributed by atoms with van der Waals surface area (Å²) >= 11 is 0. The highest BCUT2D eigenvalue weighted by molar-refractivity contribution is 6.03. The highest BCUT2D eigenvalue weighted by Crippen LogP contribution is 2.44. The Labute approximate surface area is 171 Å². The van der Waals surface area contributed by atoms with Gasteiger partial charge >= 0.3 is 6.03 Å². The first-order valence-corrected chi connectivity index (χ1v) is 10.6. The lowest BCUT2D eigenvalue weighted by Crippen LogP contribution is -2.55. The predicted octanol–water partition coefficient (Wildman–Crippen LogP) is 3.55. The van der Waals surface area contributed by atoms with Crippen LogP contribution in [0.25, 0.3) is 0 Å². The monoisotopic (exact) mass is 402 g/mol. The summed E-state index contributed by atoms with van der Waals surface area (Å²) in [5, 5.41) is 3.18. The molecule has 1 saturated heterocycles. The van der Waals surface area contributed by atoms with E-state index in [4.69, 9.17) is 14.2 Å². The lowest BCUT2D eigenvalue weighted by atomic mass is 9.82. The fourth-order valence-electron chi connectivity index (χ4n) is 4.76. The molecule has 1 aliphatic carbocycles. The molecule has 1 aromatic rings. The van der Waals surface area contributed by atoms with E-state index in [0.29, 0.717) is 61.2 Å². The molecule has 3 aliphatic rings. The SMILES string of the molecule is COc1cc(OC)c2c(c1)OC1(CCN(C(=O)NC3CCCCC3)CC1)CC2=O. The van der Waals surface area contributed by atoms with Crippen molar-refractivity contribution in [3.8, 4) is 17.2 Å². The molecular formula is C22H30N2O5. The Bertz CT molecular complexity index is 780. The largest absolute Gasteiger partial charge is 0.496 e. The number of carbonyl (C=O) groups is 2. The number of benzene rings is 1. The third-order valence-corrected chi connectivity index (χ3v) is 6.48. The van der Waals surface area contributed by atoms with Gasteiger partial charge in [-0.3, -0.25) is 4.79 Å². The van der Waals surface area contributed by atoms with Gasteiger partial charge in [-0.05, 0) is 12.8 Å². The smallest absolute Gasteiger partial charge is 0.317 e. The molecule has 1 aromatic carbocycles. The summed E-state index contributed by atoms with van der Waals surface area (Å²) < 4.78 is 17.1. The second kappa shape index (κ2) is 8.13. The summed E-state index contributed by atoms with van der Waals surface area (Å²) in [5.41, 5.74) is -0.0836. The molecular weight excluding hydrogens is 372 g/mol. The number of rotatable bonds is 3. The van der Waals surface area contributed by atoms with E-state index in [-0.39, 0.29) is 11.8 Å². The van der Waals surface area contributed by atoms with Crippen molar-refractivity contribution in [3.05, 3.63) is 17.7 Å². The number of ether oxygens (including phenoxy) is 3. The van der Waals surface area contributed by atoms with Crippen molar-refractivity contribution in [2.24, 2.45) is 0 Å². The summed E-state index contributed by atoms with van der Waals surface area (Å²) in [5.74, 6) is 1.60. The van der Waals surface area contributed by atoms with E-state index < -0.39 is 5.60 Å². The topological polar surface area (TPSA) is 77.1 Å². The molecule has 7 nitrogen and oxygen atoms in total. The van der Waals surface area contributed by atoms with Gasteiger partial charge in [0.15, 0.2) is 5.78 Å². The van der Waals surface area contributed by atoms with Gasteiger partial charge in [-0.2, -0.15) is 0 Å². The molecule has 1 saturated carbocycles. The van der Waals surface area contributed by atoms with Gasteiger partial charge in [0.05, 0.1) is 20.6 Å². The Morgan fingerprint density at radius 1 is 1.14 bits per heavy atom. The third kappa shape index (κ3) is 4.00. The summed E-state index contributed by atoms with van der Waals surface area (Å²) in [6.07, 6.45) is 7.36. The lowest BCUT2D eigenvalue weighted by Gasteiger charge is -2.44. The molecule has 0 radical (unpaired) electrons. The summed E-state index contributed by atoms with van der Waals surface area (Å²) in [4.78, 5) is 27.4. The summed E-state index contributed by atoms with van der Waals surface area (Å²) in [6, 6.07) is 3.76. The van der Waals surface area contributed by atoms with E-state index in [0.717, 1.165) is 12.8 Å². The first-order chi connectivity index (χ1) is 14.0. The minimum Gasteiger partial charge on any atom is -0.496 e. The Balaban J connectivity index is 1.43. The number of carbonyl (C=O) groups excluding carboxylic acids is 2. The number of piperidine rings is 1. The maximum atomic E-state index is 12.9. The lowest BCUT2D eigenvalue weighted by molar-refractivity contribution is -0.00142. The standard InChI is InChI=1S/C22H30N2O5/c1-27-16-12-18(28-2)20-17(25)14-22(29-19(20)13-16)8-10-24(11-9-22)21(26)23-15-6-4-3-5-7-15/h12-13,15H,3-11,14H2,1-2H3,(H,23,26). The van der Waals surface area contributed by atoms with E-state index in [2.05, 4.69) is 5.32 Å².